The van der Waals surface area contributed by atoms with Crippen molar-refractivity contribution >= 4 is 5.91 Å². The number of halogens is 1. The average Bonchev–Trinajstić information content (AvgIpc) is 2.58. The van der Waals surface area contributed by atoms with E-state index in [1.54, 1.807) is 12.1 Å². The molecule has 1 saturated heterocycles. The van der Waals surface area contributed by atoms with E-state index in [1.165, 1.54) is 12.1 Å². The van der Waals surface area contributed by atoms with E-state index in [9.17, 15) is 9.18 Å². The lowest BCUT2D eigenvalue weighted by atomic mass is 10.0. The number of rotatable bonds is 7. The van der Waals surface area contributed by atoms with Gasteiger partial charge >= 0.3 is 0 Å². The van der Waals surface area contributed by atoms with Crippen LogP contribution >= 0.6 is 0 Å². The van der Waals surface area contributed by atoms with Crippen molar-refractivity contribution in [1.82, 2.24) is 10.2 Å². The van der Waals surface area contributed by atoms with Gasteiger partial charge < -0.3 is 10.1 Å². The number of morpholine rings is 1. The summed E-state index contributed by atoms with van der Waals surface area (Å²) in [6, 6.07) is 6.62. The SMILES string of the molecule is CCC(CC)C(=O)NCC(c1ccc(F)cc1)N1CCOCC1. The van der Waals surface area contributed by atoms with Crippen LogP contribution in [0.2, 0.25) is 0 Å². The normalized spacial score (nSPS) is 17.2. The zero-order valence-corrected chi connectivity index (χ0v) is 14.1. The molecule has 1 aliphatic rings. The molecule has 1 aliphatic heterocycles. The van der Waals surface area contributed by atoms with Crippen LogP contribution in [0.5, 0.6) is 0 Å². The van der Waals surface area contributed by atoms with E-state index in [4.69, 9.17) is 4.74 Å². The van der Waals surface area contributed by atoms with Gasteiger partial charge in [0.05, 0.1) is 19.3 Å². The molecule has 128 valence electrons. The fraction of sp³-hybridized carbons (Fsp3) is 0.611. The molecule has 2 rings (SSSR count). The first kappa shape index (κ1) is 17.9. The first-order chi connectivity index (χ1) is 11.2. The molecule has 0 bridgehead atoms. The van der Waals surface area contributed by atoms with E-state index in [2.05, 4.69) is 10.2 Å². The molecule has 1 atom stereocenters. The number of hydrogen-bond donors (Lipinski definition) is 1. The van der Waals surface area contributed by atoms with Crippen LogP contribution in [-0.2, 0) is 9.53 Å². The summed E-state index contributed by atoms with van der Waals surface area (Å²) in [4.78, 5) is 14.6. The van der Waals surface area contributed by atoms with Crippen LogP contribution in [0.3, 0.4) is 0 Å². The van der Waals surface area contributed by atoms with E-state index in [0.717, 1.165) is 31.5 Å². The van der Waals surface area contributed by atoms with Gasteiger partial charge in [0, 0.05) is 25.6 Å². The first-order valence-corrected chi connectivity index (χ1v) is 8.50. The quantitative estimate of drug-likeness (QED) is 0.839. The molecule has 0 radical (unpaired) electrons. The van der Waals surface area contributed by atoms with E-state index in [-0.39, 0.29) is 23.7 Å². The third kappa shape index (κ3) is 5.01. The van der Waals surface area contributed by atoms with Crippen LogP contribution in [0.25, 0.3) is 0 Å². The number of carbonyl (C=O) groups excluding carboxylic acids is 1. The highest BCUT2D eigenvalue weighted by Gasteiger charge is 2.24. The molecule has 0 spiro atoms. The van der Waals surface area contributed by atoms with Gasteiger partial charge in [0.25, 0.3) is 0 Å². The summed E-state index contributed by atoms with van der Waals surface area (Å²) in [6.07, 6.45) is 1.70. The number of ether oxygens (including phenoxy) is 1. The highest BCUT2D eigenvalue weighted by Crippen LogP contribution is 2.22. The second-order valence-corrected chi connectivity index (χ2v) is 5.97. The highest BCUT2D eigenvalue weighted by molar-refractivity contribution is 5.78. The minimum Gasteiger partial charge on any atom is -0.379 e. The summed E-state index contributed by atoms with van der Waals surface area (Å²) >= 11 is 0. The Bertz CT molecular complexity index is 482. The maximum atomic E-state index is 13.2. The Balaban J connectivity index is 2.07. The fourth-order valence-electron chi connectivity index (χ4n) is 3.03. The third-order valence-corrected chi connectivity index (χ3v) is 4.57. The topological polar surface area (TPSA) is 41.6 Å². The van der Waals surface area contributed by atoms with Gasteiger partial charge in [-0.3, -0.25) is 9.69 Å². The number of amides is 1. The van der Waals surface area contributed by atoms with E-state index >= 15 is 0 Å². The molecule has 1 N–H and O–H groups in total. The maximum absolute atomic E-state index is 13.2. The van der Waals surface area contributed by atoms with Gasteiger partial charge in [-0.05, 0) is 30.5 Å². The summed E-state index contributed by atoms with van der Waals surface area (Å²) in [6.45, 7) is 7.64. The van der Waals surface area contributed by atoms with Crippen molar-refractivity contribution in [2.45, 2.75) is 32.7 Å². The molecule has 1 aromatic rings. The van der Waals surface area contributed by atoms with Crippen molar-refractivity contribution in [1.29, 1.82) is 0 Å². The standard InChI is InChI=1S/C18H27FN2O2/c1-3-14(4-2)18(22)20-13-17(21-9-11-23-12-10-21)15-5-7-16(19)8-6-15/h5-8,14,17H,3-4,9-13H2,1-2H3,(H,20,22). The second kappa shape index (κ2) is 8.99. The van der Waals surface area contributed by atoms with Crippen LogP contribution in [0.1, 0.15) is 38.3 Å². The zero-order chi connectivity index (χ0) is 16.7. The smallest absolute Gasteiger partial charge is 0.223 e. The molecule has 0 aliphatic carbocycles. The van der Waals surface area contributed by atoms with Gasteiger partial charge in [0.1, 0.15) is 5.82 Å². The Morgan fingerprint density at radius 1 is 1.22 bits per heavy atom. The summed E-state index contributed by atoms with van der Waals surface area (Å²) in [5.74, 6) is -0.0699. The third-order valence-electron chi connectivity index (χ3n) is 4.57. The van der Waals surface area contributed by atoms with Gasteiger partial charge in [-0.2, -0.15) is 0 Å². The Hall–Kier alpha value is -1.46. The molecular formula is C18H27FN2O2. The predicted molar refractivity (Wildman–Crippen MR) is 88.6 cm³/mol. The second-order valence-electron chi connectivity index (χ2n) is 5.97. The van der Waals surface area contributed by atoms with Gasteiger partial charge in [0.15, 0.2) is 0 Å². The van der Waals surface area contributed by atoms with Crippen molar-refractivity contribution in [3.05, 3.63) is 35.6 Å². The molecule has 4 nitrogen and oxygen atoms in total. The lowest BCUT2D eigenvalue weighted by Crippen LogP contribution is -2.44. The van der Waals surface area contributed by atoms with Crippen molar-refractivity contribution in [3.8, 4) is 0 Å². The maximum Gasteiger partial charge on any atom is 0.223 e. The van der Waals surface area contributed by atoms with Crippen LogP contribution in [0.15, 0.2) is 24.3 Å². The van der Waals surface area contributed by atoms with Crippen LogP contribution in [0.4, 0.5) is 4.39 Å². The predicted octanol–water partition coefficient (Wildman–Crippen LogP) is 2.75. The lowest BCUT2D eigenvalue weighted by Gasteiger charge is -2.35. The molecule has 0 aromatic heterocycles. The average molecular weight is 322 g/mol. The van der Waals surface area contributed by atoms with Crippen molar-refractivity contribution in [2.24, 2.45) is 5.92 Å². The molecule has 23 heavy (non-hydrogen) atoms. The summed E-state index contributed by atoms with van der Waals surface area (Å²) in [5.41, 5.74) is 1.03. The van der Waals surface area contributed by atoms with Crippen LogP contribution < -0.4 is 5.32 Å². The number of carbonyl (C=O) groups is 1. The summed E-state index contributed by atoms with van der Waals surface area (Å²) in [5, 5.41) is 3.08. The zero-order valence-electron chi connectivity index (χ0n) is 14.1. The Morgan fingerprint density at radius 2 is 1.83 bits per heavy atom. The Morgan fingerprint density at radius 3 is 2.39 bits per heavy atom. The molecule has 1 aromatic carbocycles. The Labute approximate surface area is 138 Å². The summed E-state index contributed by atoms with van der Waals surface area (Å²) in [7, 11) is 0. The fourth-order valence-corrected chi connectivity index (χ4v) is 3.03. The number of benzene rings is 1. The van der Waals surface area contributed by atoms with Crippen molar-refractivity contribution in [2.75, 3.05) is 32.8 Å². The molecule has 1 unspecified atom stereocenters. The number of nitrogens with one attached hydrogen (secondary N) is 1. The first-order valence-electron chi connectivity index (χ1n) is 8.50. The van der Waals surface area contributed by atoms with E-state index in [1.807, 2.05) is 13.8 Å². The minimum atomic E-state index is -0.240. The van der Waals surface area contributed by atoms with Gasteiger partial charge in [-0.1, -0.05) is 26.0 Å². The minimum absolute atomic E-state index is 0.0535. The summed E-state index contributed by atoms with van der Waals surface area (Å²) < 4.78 is 18.6. The molecule has 0 saturated carbocycles. The van der Waals surface area contributed by atoms with Crippen molar-refractivity contribution < 1.29 is 13.9 Å². The number of nitrogens with zero attached hydrogens (tertiary/aromatic N) is 1. The molecular weight excluding hydrogens is 295 g/mol. The molecule has 1 heterocycles. The molecule has 5 heteroatoms. The van der Waals surface area contributed by atoms with Gasteiger partial charge in [-0.25, -0.2) is 4.39 Å². The largest absolute Gasteiger partial charge is 0.379 e. The van der Waals surface area contributed by atoms with E-state index < -0.39 is 0 Å². The highest BCUT2D eigenvalue weighted by atomic mass is 19.1. The van der Waals surface area contributed by atoms with Crippen LogP contribution in [-0.4, -0.2) is 43.7 Å². The Kier molecular flexibility index (Phi) is 6.99. The lowest BCUT2D eigenvalue weighted by molar-refractivity contribution is -0.125. The van der Waals surface area contributed by atoms with E-state index in [0.29, 0.717) is 19.8 Å². The van der Waals surface area contributed by atoms with Crippen molar-refractivity contribution in [3.63, 3.8) is 0 Å². The van der Waals surface area contributed by atoms with Gasteiger partial charge in [0.2, 0.25) is 5.91 Å². The van der Waals surface area contributed by atoms with Gasteiger partial charge in [-0.15, -0.1) is 0 Å². The molecule has 1 amide bonds. The number of hydrogen-bond acceptors (Lipinski definition) is 3. The monoisotopic (exact) mass is 322 g/mol. The van der Waals surface area contributed by atoms with Crippen LogP contribution in [0, 0.1) is 11.7 Å². The molecule has 1 fully saturated rings.